The highest BCUT2D eigenvalue weighted by molar-refractivity contribution is 6.05. The summed E-state index contributed by atoms with van der Waals surface area (Å²) in [5.41, 5.74) is 3.76. The second-order valence-electron chi connectivity index (χ2n) is 5.27. The van der Waals surface area contributed by atoms with Crippen LogP contribution >= 0.6 is 0 Å². The van der Waals surface area contributed by atoms with E-state index in [0.717, 1.165) is 47.0 Å². The first-order chi connectivity index (χ1) is 9.20. The maximum absolute atomic E-state index is 12.2. The Hall–Kier alpha value is -1.90. The van der Waals surface area contributed by atoms with Crippen molar-refractivity contribution in [3.63, 3.8) is 0 Å². The maximum atomic E-state index is 12.2. The third-order valence-electron chi connectivity index (χ3n) is 3.89. The Labute approximate surface area is 112 Å². The molecule has 0 fully saturated rings. The van der Waals surface area contributed by atoms with Crippen molar-refractivity contribution in [2.24, 2.45) is 5.92 Å². The molecular formula is C16H17NO2. The molecule has 3 heteroatoms. The van der Waals surface area contributed by atoms with E-state index in [1.807, 2.05) is 24.3 Å². The summed E-state index contributed by atoms with van der Waals surface area (Å²) in [7, 11) is 1.44. The number of hydrogen-bond donors (Lipinski definition) is 0. The molecule has 1 atom stereocenters. The van der Waals surface area contributed by atoms with Gasteiger partial charge in [-0.05, 0) is 36.8 Å². The second kappa shape index (κ2) is 4.65. The van der Waals surface area contributed by atoms with Gasteiger partial charge in [0.2, 0.25) is 0 Å². The van der Waals surface area contributed by atoms with Crippen molar-refractivity contribution in [3.8, 4) is 0 Å². The number of ether oxygens (including phenoxy) is 1. The minimum Gasteiger partial charge on any atom is -0.465 e. The SMILES string of the molecule is COC(=O)c1c2c(nc3ccccc13)CC[C@@H](C)C2. The number of benzene rings is 1. The van der Waals surface area contributed by atoms with Crippen molar-refractivity contribution >= 4 is 16.9 Å². The van der Waals surface area contributed by atoms with Gasteiger partial charge in [0, 0.05) is 11.1 Å². The van der Waals surface area contributed by atoms with Gasteiger partial charge in [-0.25, -0.2) is 4.79 Å². The molecule has 0 saturated carbocycles. The number of aromatic nitrogens is 1. The summed E-state index contributed by atoms with van der Waals surface area (Å²) in [5, 5.41) is 0.905. The van der Waals surface area contributed by atoms with Crippen molar-refractivity contribution in [3.05, 3.63) is 41.1 Å². The average molecular weight is 255 g/mol. The van der Waals surface area contributed by atoms with Gasteiger partial charge in [-0.3, -0.25) is 4.98 Å². The second-order valence-corrected chi connectivity index (χ2v) is 5.27. The predicted molar refractivity (Wildman–Crippen MR) is 74.3 cm³/mol. The van der Waals surface area contributed by atoms with E-state index < -0.39 is 0 Å². The Morgan fingerprint density at radius 2 is 2.16 bits per heavy atom. The molecule has 1 aromatic heterocycles. The van der Waals surface area contributed by atoms with Gasteiger partial charge in [0.15, 0.2) is 0 Å². The number of methoxy groups -OCH3 is 1. The third kappa shape index (κ3) is 1.99. The number of esters is 1. The van der Waals surface area contributed by atoms with Crippen molar-refractivity contribution < 1.29 is 9.53 Å². The van der Waals surface area contributed by atoms with E-state index in [2.05, 4.69) is 6.92 Å². The number of carbonyl (C=O) groups excluding carboxylic acids is 1. The van der Waals surface area contributed by atoms with E-state index in [0.29, 0.717) is 5.92 Å². The smallest absolute Gasteiger partial charge is 0.338 e. The summed E-state index contributed by atoms with van der Waals surface area (Å²) >= 11 is 0. The van der Waals surface area contributed by atoms with Gasteiger partial charge in [-0.2, -0.15) is 0 Å². The summed E-state index contributed by atoms with van der Waals surface area (Å²) in [5.74, 6) is 0.350. The van der Waals surface area contributed by atoms with Crippen LogP contribution in [-0.4, -0.2) is 18.1 Å². The number of nitrogens with zero attached hydrogens (tertiary/aromatic N) is 1. The zero-order chi connectivity index (χ0) is 13.4. The van der Waals surface area contributed by atoms with Gasteiger partial charge >= 0.3 is 5.97 Å². The number of aryl methyl sites for hydroxylation is 1. The van der Waals surface area contributed by atoms with Gasteiger partial charge in [-0.15, -0.1) is 0 Å². The zero-order valence-corrected chi connectivity index (χ0v) is 11.3. The molecule has 0 N–H and O–H groups in total. The molecule has 0 unspecified atom stereocenters. The molecular weight excluding hydrogens is 238 g/mol. The van der Waals surface area contributed by atoms with Gasteiger partial charge in [0.1, 0.15) is 0 Å². The van der Waals surface area contributed by atoms with E-state index >= 15 is 0 Å². The Morgan fingerprint density at radius 3 is 2.95 bits per heavy atom. The standard InChI is InChI=1S/C16H17NO2/c1-10-7-8-14-12(9-10)15(16(18)19-2)11-5-3-4-6-13(11)17-14/h3-6,10H,7-9H2,1-2H3/t10-/m1/s1. The van der Waals surface area contributed by atoms with Crippen LogP contribution in [0.1, 0.15) is 35.0 Å². The molecule has 19 heavy (non-hydrogen) atoms. The van der Waals surface area contributed by atoms with E-state index in [4.69, 9.17) is 9.72 Å². The number of hydrogen-bond acceptors (Lipinski definition) is 3. The topological polar surface area (TPSA) is 39.2 Å². The normalized spacial score (nSPS) is 18.1. The van der Waals surface area contributed by atoms with Crippen LogP contribution in [0.4, 0.5) is 0 Å². The fourth-order valence-corrected chi connectivity index (χ4v) is 2.90. The lowest BCUT2D eigenvalue weighted by atomic mass is 9.84. The highest BCUT2D eigenvalue weighted by Gasteiger charge is 2.25. The molecule has 3 nitrogen and oxygen atoms in total. The van der Waals surface area contributed by atoms with Crippen LogP contribution in [-0.2, 0) is 17.6 Å². The molecule has 1 heterocycles. The summed E-state index contributed by atoms with van der Waals surface area (Å²) in [4.78, 5) is 16.9. The van der Waals surface area contributed by atoms with E-state index in [1.165, 1.54) is 7.11 Å². The average Bonchev–Trinajstić information content (AvgIpc) is 2.44. The lowest BCUT2D eigenvalue weighted by Crippen LogP contribution is -2.18. The highest BCUT2D eigenvalue weighted by Crippen LogP contribution is 2.31. The van der Waals surface area contributed by atoms with Crippen LogP contribution in [0.3, 0.4) is 0 Å². The van der Waals surface area contributed by atoms with E-state index in [9.17, 15) is 4.79 Å². The summed E-state index contributed by atoms with van der Waals surface area (Å²) in [6.07, 6.45) is 3.00. The minimum absolute atomic E-state index is 0.246. The first-order valence-electron chi connectivity index (χ1n) is 6.69. The van der Waals surface area contributed by atoms with Crippen LogP contribution in [0.2, 0.25) is 0 Å². The number of carbonyl (C=O) groups is 1. The largest absolute Gasteiger partial charge is 0.465 e. The van der Waals surface area contributed by atoms with Crippen molar-refractivity contribution in [2.75, 3.05) is 7.11 Å². The first kappa shape index (κ1) is 12.2. The Bertz CT molecular complexity index is 648. The molecule has 2 aromatic rings. The Balaban J connectivity index is 2.33. The Kier molecular flexibility index (Phi) is 2.97. The molecule has 0 spiro atoms. The Morgan fingerprint density at radius 1 is 1.37 bits per heavy atom. The van der Waals surface area contributed by atoms with Gasteiger partial charge < -0.3 is 4.74 Å². The van der Waals surface area contributed by atoms with Crippen molar-refractivity contribution in [1.82, 2.24) is 4.98 Å². The number of rotatable bonds is 1. The zero-order valence-electron chi connectivity index (χ0n) is 11.3. The predicted octanol–water partition coefficient (Wildman–Crippen LogP) is 3.15. The van der Waals surface area contributed by atoms with E-state index in [1.54, 1.807) is 0 Å². The number of pyridine rings is 1. The van der Waals surface area contributed by atoms with Crippen molar-refractivity contribution in [1.29, 1.82) is 0 Å². The van der Waals surface area contributed by atoms with Gasteiger partial charge in [-0.1, -0.05) is 25.1 Å². The summed E-state index contributed by atoms with van der Waals surface area (Å²) in [6.45, 7) is 2.22. The van der Waals surface area contributed by atoms with Crippen LogP contribution in [0.5, 0.6) is 0 Å². The van der Waals surface area contributed by atoms with Crippen molar-refractivity contribution in [2.45, 2.75) is 26.2 Å². The molecule has 0 amide bonds. The fourth-order valence-electron chi connectivity index (χ4n) is 2.90. The minimum atomic E-state index is -0.246. The van der Waals surface area contributed by atoms with Crippen LogP contribution in [0, 0.1) is 5.92 Å². The lowest BCUT2D eigenvalue weighted by molar-refractivity contribution is 0.0601. The first-order valence-corrected chi connectivity index (χ1v) is 6.69. The molecule has 98 valence electrons. The van der Waals surface area contributed by atoms with Gasteiger partial charge in [0.05, 0.1) is 18.2 Å². The third-order valence-corrected chi connectivity index (χ3v) is 3.89. The highest BCUT2D eigenvalue weighted by atomic mass is 16.5. The van der Waals surface area contributed by atoms with Crippen LogP contribution in [0.25, 0.3) is 10.9 Å². The molecule has 3 rings (SSSR count). The summed E-state index contributed by atoms with van der Waals surface area (Å²) < 4.78 is 4.98. The number of para-hydroxylation sites is 1. The van der Waals surface area contributed by atoms with Gasteiger partial charge in [0.25, 0.3) is 0 Å². The lowest BCUT2D eigenvalue weighted by Gasteiger charge is -2.23. The molecule has 1 aliphatic carbocycles. The maximum Gasteiger partial charge on any atom is 0.338 e. The molecule has 0 saturated heterocycles. The molecule has 0 radical (unpaired) electrons. The van der Waals surface area contributed by atoms with Crippen LogP contribution < -0.4 is 0 Å². The molecule has 0 bridgehead atoms. The molecule has 0 aliphatic heterocycles. The molecule has 1 aliphatic rings. The monoisotopic (exact) mass is 255 g/mol. The number of fused-ring (bicyclic) bond motifs is 2. The fraction of sp³-hybridized carbons (Fsp3) is 0.375. The van der Waals surface area contributed by atoms with Crippen LogP contribution in [0.15, 0.2) is 24.3 Å². The molecule has 1 aromatic carbocycles. The quantitative estimate of drug-likeness (QED) is 0.735. The van der Waals surface area contributed by atoms with E-state index in [-0.39, 0.29) is 5.97 Å². The summed E-state index contributed by atoms with van der Waals surface area (Å²) in [6, 6.07) is 7.80.